The minimum Gasteiger partial charge on any atom is -0.490 e. The number of ether oxygens (including phenoxy) is 2. The van der Waals surface area contributed by atoms with Gasteiger partial charge < -0.3 is 14.5 Å². The lowest BCUT2D eigenvalue weighted by atomic mass is 10.2. The minimum atomic E-state index is -3.66. The molecule has 2 aliphatic heterocycles. The van der Waals surface area contributed by atoms with Crippen molar-refractivity contribution < 1.29 is 17.9 Å². The fraction of sp³-hybridized carbons (Fsp3) is 0.391. The normalized spacial score (nSPS) is 18.7. The topological polar surface area (TPSA) is 105 Å². The van der Waals surface area contributed by atoms with Crippen LogP contribution in [0.15, 0.2) is 52.2 Å². The van der Waals surface area contributed by atoms with Gasteiger partial charge in [0.1, 0.15) is 5.82 Å². The number of piperazine rings is 1. The summed E-state index contributed by atoms with van der Waals surface area (Å²) >= 11 is 0. The van der Waals surface area contributed by atoms with Gasteiger partial charge in [-0.2, -0.15) is 4.31 Å². The smallest absolute Gasteiger partial charge is 0.258 e. The highest BCUT2D eigenvalue weighted by molar-refractivity contribution is 7.89. The van der Waals surface area contributed by atoms with E-state index in [0.29, 0.717) is 67.6 Å². The maximum Gasteiger partial charge on any atom is 0.258 e. The fourth-order valence-electron chi connectivity index (χ4n) is 4.26. The number of benzene rings is 2. The van der Waals surface area contributed by atoms with Crippen molar-refractivity contribution in [1.82, 2.24) is 19.2 Å². The molecule has 0 amide bonds. The number of hydrogen-bond donors (Lipinski definition) is 1. The Kier molecular flexibility index (Phi) is 5.81. The molecule has 5 rings (SSSR count). The summed E-state index contributed by atoms with van der Waals surface area (Å²) in [5.74, 6) is 1.62. The SMILES string of the molecule is C[C@@H](c1nc2ccccc2c(=O)[nH]1)N1CCN(S(=O)(=O)c2ccc3c(c2)OCCCO3)CC1. The van der Waals surface area contributed by atoms with E-state index >= 15 is 0 Å². The van der Waals surface area contributed by atoms with Crippen molar-refractivity contribution in [3.05, 3.63) is 58.6 Å². The van der Waals surface area contributed by atoms with Gasteiger partial charge in [0, 0.05) is 38.7 Å². The number of nitrogens with one attached hydrogen (secondary N) is 1. The Hall–Kier alpha value is -2.95. The van der Waals surface area contributed by atoms with Crippen LogP contribution in [0.1, 0.15) is 25.2 Å². The average Bonchev–Trinajstić information content (AvgIpc) is 3.08. The summed E-state index contributed by atoms with van der Waals surface area (Å²) in [6.45, 7) is 4.77. The summed E-state index contributed by atoms with van der Waals surface area (Å²) in [4.78, 5) is 22.3. The lowest BCUT2D eigenvalue weighted by molar-refractivity contribution is 0.141. The molecule has 0 saturated carbocycles. The second-order valence-electron chi connectivity index (χ2n) is 8.24. The Morgan fingerprint density at radius 3 is 2.52 bits per heavy atom. The molecule has 2 aliphatic rings. The highest BCUT2D eigenvalue weighted by Crippen LogP contribution is 2.33. The van der Waals surface area contributed by atoms with Crippen molar-refractivity contribution in [1.29, 1.82) is 0 Å². The van der Waals surface area contributed by atoms with E-state index in [2.05, 4.69) is 14.9 Å². The van der Waals surface area contributed by atoms with Gasteiger partial charge in [0.2, 0.25) is 10.0 Å². The van der Waals surface area contributed by atoms with Crippen LogP contribution in [0.3, 0.4) is 0 Å². The molecule has 1 N–H and O–H groups in total. The number of aromatic nitrogens is 2. The van der Waals surface area contributed by atoms with E-state index in [9.17, 15) is 13.2 Å². The molecular weight excluding hydrogens is 444 g/mol. The highest BCUT2D eigenvalue weighted by atomic mass is 32.2. The highest BCUT2D eigenvalue weighted by Gasteiger charge is 2.32. The molecule has 9 nitrogen and oxygen atoms in total. The standard InChI is InChI=1S/C23H26N4O5S/c1-16(22-24-19-6-3-2-5-18(19)23(28)25-22)26-9-11-27(12-10-26)33(29,30)17-7-8-20-21(15-17)32-14-4-13-31-20/h2-3,5-8,15-16H,4,9-14H2,1H3,(H,24,25,28)/t16-/m0/s1. The minimum absolute atomic E-state index is 0.148. The fourth-order valence-corrected chi connectivity index (χ4v) is 5.70. The Labute approximate surface area is 192 Å². The van der Waals surface area contributed by atoms with Crippen LogP contribution in [-0.2, 0) is 10.0 Å². The molecule has 2 aromatic carbocycles. The van der Waals surface area contributed by atoms with Crippen LogP contribution in [0.2, 0.25) is 0 Å². The summed E-state index contributed by atoms with van der Waals surface area (Å²) < 4.78 is 39.3. The van der Waals surface area contributed by atoms with E-state index in [0.717, 1.165) is 6.42 Å². The summed E-state index contributed by atoms with van der Waals surface area (Å²) in [6.07, 6.45) is 0.758. The number of hydrogen-bond acceptors (Lipinski definition) is 7. The van der Waals surface area contributed by atoms with Gasteiger partial charge in [-0.05, 0) is 31.2 Å². The molecule has 1 fully saturated rings. The average molecular weight is 471 g/mol. The van der Waals surface area contributed by atoms with Crippen LogP contribution in [0.5, 0.6) is 11.5 Å². The molecule has 10 heteroatoms. The zero-order valence-electron chi connectivity index (χ0n) is 18.4. The molecule has 0 bridgehead atoms. The van der Waals surface area contributed by atoms with E-state index in [4.69, 9.17) is 9.47 Å². The molecule has 0 spiro atoms. The van der Waals surface area contributed by atoms with Crippen LogP contribution in [0, 0.1) is 0 Å². The third-order valence-corrected chi connectivity index (χ3v) is 8.10. The molecule has 3 heterocycles. The lowest BCUT2D eigenvalue weighted by Crippen LogP contribution is -2.49. The second-order valence-corrected chi connectivity index (χ2v) is 10.2. The predicted octanol–water partition coefficient (Wildman–Crippen LogP) is 2.15. The lowest BCUT2D eigenvalue weighted by Gasteiger charge is -2.37. The van der Waals surface area contributed by atoms with Crippen molar-refractivity contribution in [2.45, 2.75) is 24.3 Å². The van der Waals surface area contributed by atoms with Crippen LogP contribution >= 0.6 is 0 Å². The van der Waals surface area contributed by atoms with E-state index in [1.165, 1.54) is 4.31 Å². The molecule has 3 aromatic rings. The van der Waals surface area contributed by atoms with Gasteiger partial charge in [-0.15, -0.1) is 0 Å². The quantitative estimate of drug-likeness (QED) is 0.623. The van der Waals surface area contributed by atoms with E-state index in [1.54, 1.807) is 24.3 Å². The molecule has 1 atom stereocenters. The second kappa shape index (κ2) is 8.77. The van der Waals surface area contributed by atoms with Gasteiger partial charge in [0.15, 0.2) is 11.5 Å². The van der Waals surface area contributed by atoms with E-state index < -0.39 is 10.0 Å². The number of H-pyrrole nitrogens is 1. The monoisotopic (exact) mass is 470 g/mol. The van der Waals surface area contributed by atoms with Crippen LogP contribution < -0.4 is 15.0 Å². The number of nitrogens with zero attached hydrogens (tertiary/aromatic N) is 3. The first-order chi connectivity index (χ1) is 15.9. The van der Waals surface area contributed by atoms with E-state index in [-0.39, 0.29) is 16.5 Å². The molecule has 1 aromatic heterocycles. The number of para-hydroxylation sites is 1. The molecule has 1 saturated heterocycles. The number of sulfonamides is 1. The molecule has 174 valence electrons. The van der Waals surface area contributed by atoms with Gasteiger partial charge in [0.25, 0.3) is 5.56 Å². The molecule has 0 aliphatic carbocycles. The van der Waals surface area contributed by atoms with Crippen molar-refractivity contribution in [3.8, 4) is 11.5 Å². The summed E-state index contributed by atoms with van der Waals surface area (Å²) in [5.41, 5.74) is 0.483. The van der Waals surface area contributed by atoms with Gasteiger partial charge in [0.05, 0.1) is 35.1 Å². The molecule has 33 heavy (non-hydrogen) atoms. The molecular formula is C23H26N4O5S. The Morgan fingerprint density at radius 1 is 1.00 bits per heavy atom. The first-order valence-corrected chi connectivity index (χ1v) is 12.5. The number of fused-ring (bicyclic) bond motifs is 2. The number of rotatable bonds is 4. The Morgan fingerprint density at radius 2 is 1.73 bits per heavy atom. The zero-order valence-corrected chi connectivity index (χ0v) is 19.2. The first kappa shape index (κ1) is 21.9. The molecule has 0 unspecified atom stereocenters. The summed E-state index contributed by atoms with van der Waals surface area (Å²) in [7, 11) is -3.66. The van der Waals surface area contributed by atoms with Gasteiger partial charge >= 0.3 is 0 Å². The largest absolute Gasteiger partial charge is 0.490 e. The van der Waals surface area contributed by atoms with Crippen molar-refractivity contribution in [2.75, 3.05) is 39.4 Å². The van der Waals surface area contributed by atoms with Gasteiger partial charge in [-0.25, -0.2) is 13.4 Å². The van der Waals surface area contributed by atoms with Crippen molar-refractivity contribution >= 4 is 20.9 Å². The van der Waals surface area contributed by atoms with Gasteiger partial charge in [-0.3, -0.25) is 9.69 Å². The Balaban J connectivity index is 1.30. The summed E-state index contributed by atoms with van der Waals surface area (Å²) in [5, 5.41) is 0.555. The van der Waals surface area contributed by atoms with Crippen LogP contribution in [0.4, 0.5) is 0 Å². The van der Waals surface area contributed by atoms with E-state index in [1.807, 2.05) is 25.1 Å². The predicted molar refractivity (Wildman–Crippen MR) is 123 cm³/mol. The zero-order chi connectivity index (χ0) is 23.0. The first-order valence-electron chi connectivity index (χ1n) is 11.1. The number of aromatic amines is 1. The summed E-state index contributed by atoms with van der Waals surface area (Å²) in [6, 6.07) is 11.9. The Bertz CT molecular complexity index is 1330. The molecule has 0 radical (unpaired) electrons. The van der Waals surface area contributed by atoms with Gasteiger partial charge in [-0.1, -0.05) is 12.1 Å². The van der Waals surface area contributed by atoms with Crippen LogP contribution in [0.25, 0.3) is 10.9 Å². The third-order valence-electron chi connectivity index (χ3n) is 6.20. The maximum absolute atomic E-state index is 13.2. The third kappa shape index (κ3) is 4.21. The maximum atomic E-state index is 13.2. The van der Waals surface area contributed by atoms with Crippen molar-refractivity contribution in [3.63, 3.8) is 0 Å². The van der Waals surface area contributed by atoms with Crippen LogP contribution in [-0.4, -0.2) is 67.0 Å². The van der Waals surface area contributed by atoms with Crippen molar-refractivity contribution in [2.24, 2.45) is 0 Å².